The van der Waals surface area contributed by atoms with Crippen LogP contribution in [0.4, 0.5) is 5.69 Å². The van der Waals surface area contributed by atoms with Gasteiger partial charge in [0.15, 0.2) is 0 Å². The van der Waals surface area contributed by atoms with E-state index in [1.165, 1.54) is 17.5 Å². The minimum absolute atomic E-state index is 0.126. The Kier molecular flexibility index (Phi) is 5.05. The summed E-state index contributed by atoms with van der Waals surface area (Å²) in [6, 6.07) is 11.3. The smallest absolute Gasteiger partial charge is 0.252 e. The first-order valence-electron chi connectivity index (χ1n) is 8.74. The van der Waals surface area contributed by atoms with Gasteiger partial charge in [-0.25, -0.2) is 8.42 Å². The summed E-state index contributed by atoms with van der Waals surface area (Å²) in [5.41, 5.74) is 5.36. The number of sulfonamides is 1. The van der Waals surface area contributed by atoms with Gasteiger partial charge < -0.3 is 5.32 Å². The van der Waals surface area contributed by atoms with Crippen molar-refractivity contribution in [3.05, 3.63) is 64.2 Å². The largest absolute Gasteiger partial charge is 0.346 e. The van der Waals surface area contributed by atoms with Gasteiger partial charge in [-0.1, -0.05) is 24.3 Å². The molecule has 1 amide bonds. The highest BCUT2D eigenvalue weighted by atomic mass is 32.2. The van der Waals surface area contributed by atoms with Crippen molar-refractivity contribution in [1.82, 2.24) is 5.32 Å². The van der Waals surface area contributed by atoms with Crippen LogP contribution in [0, 0.1) is 6.92 Å². The fourth-order valence-electron chi connectivity index (χ4n) is 3.41. The number of aryl methyl sites for hydroxylation is 2. The normalized spacial score (nSPS) is 14.6. The molecule has 26 heavy (non-hydrogen) atoms. The topological polar surface area (TPSA) is 75.3 Å². The molecule has 3 rings (SSSR count). The summed E-state index contributed by atoms with van der Waals surface area (Å²) in [5.74, 6) is -0.215. The van der Waals surface area contributed by atoms with E-state index >= 15 is 0 Å². The minimum atomic E-state index is -3.40. The first-order chi connectivity index (χ1) is 12.2. The number of rotatable bonds is 5. The lowest BCUT2D eigenvalue weighted by molar-refractivity contribution is 0.0939. The highest BCUT2D eigenvalue weighted by molar-refractivity contribution is 7.92. The number of fused-ring (bicyclic) bond motifs is 1. The Bertz CT molecular complexity index is 952. The molecule has 0 radical (unpaired) electrons. The summed E-state index contributed by atoms with van der Waals surface area (Å²) < 4.78 is 25.4. The van der Waals surface area contributed by atoms with E-state index in [1.54, 1.807) is 25.1 Å². The Morgan fingerprint density at radius 1 is 1.12 bits per heavy atom. The zero-order valence-corrected chi connectivity index (χ0v) is 16.1. The second-order valence-corrected chi connectivity index (χ2v) is 8.68. The number of anilines is 1. The van der Waals surface area contributed by atoms with Gasteiger partial charge in [0.25, 0.3) is 5.91 Å². The maximum atomic E-state index is 12.7. The molecule has 0 spiro atoms. The van der Waals surface area contributed by atoms with Gasteiger partial charge in [0.05, 0.1) is 18.0 Å². The molecule has 0 fully saturated rings. The van der Waals surface area contributed by atoms with E-state index in [4.69, 9.17) is 0 Å². The second-order valence-electron chi connectivity index (χ2n) is 6.93. The molecule has 0 heterocycles. The zero-order valence-electron chi connectivity index (χ0n) is 15.3. The molecule has 2 aromatic carbocycles. The van der Waals surface area contributed by atoms with Crippen LogP contribution in [0.1, 0.15) is 52.0 Å². The molecule has 6 heteroatoms. The van der Waals surface area contributed by atoms with E-state index in [9.17, 15) is 13.2 Å². The van der Waals surface area contributed by atoms with Crippen molar-refractivity contribution >= 4 is 21.6 Å². The monoisotopic (exact) mass is 372 g/mol. The summed E-state index contributed by atoms with van der Waals surface area (Å²) in [4.78, 5) is 12.7. The predicted octanol–water partition coefficient (Wildman–Crippen LogP) is 3.35. The average molecular weight is 372 g/mol. The Hall–Kier alpha value is -2.34. The molecule has 0 unspecified atom stereocenters. The Morgan fingerprint density at radius 2 is 1.85 bits per heavy atom. The fourth-order valence-corrected chi connectivity index (χ4v) is 4.03. The summed E-state index contributed by atoms with van der Waals surface area (Å²) in [5, 5.41) is 3.02. The third kappa shape index (κ3) is 4.07. The van der Waals surface area contributed by atoms with Gasteiger partial charge in [-0.3, -0.25) is 9.52 Å². The van der Waals surface area contributed by atoms with Crippen LogP contribution in [0.25, 0.3) is 0 Å². The fraction of sp³-hybridized carbons (Fsp3) is 0.350. The van der Waals surface area contributed by atoms with E-state index < -0.39 is 10.0 Å². The number of amides is 1. The van der Waals surface area contributed by atoms with Crippen LogP contribution in [-0.2, 0) is 22.9 Å². The van der Waals surface area contributed by atoms with Crippen molar-refractivity contribution < 1.29 is 13.2 Å². The zero-order chi connectivity index (χ0) is 18.9. The molecule has 0 saturated heterocycles. The third-order valence-electron chi connectivity index (χ3n) is 4.84. The highest BCUT2D eigenvalue weighted by Crippen LogP contribution is 2.26. The molecule has 0 aromatic heterocycles. The van der Waals surface area contributed by atoms with Crippen molar-refractivity contribution in [3.63, 3.8) is 0 Å². The highest BCUT2D eigenvalue weighted by Gasteiger charge is 2.18. The van der Waals surface area contributed by atoms with Gasteiger partial charge in [0.1, 0.15) is 0 Å². The van der Waals surface area contributed by atoms with Crippen molar-refractivity contribution in [1.29, 1.82) is 0 Å². The summed E-state index contributed by atoms with van der Waals surface area (Å²) >= 11 is 0. The van der Waals surface area contributed by atoms with Crippen molar-refractivity contribution in [2.45, 2.75) is 39.2 Å². The summed E-state index contributed by atoms with van der Waals surface area (Å²) in [6.07, 6.45) is 4.52. The quantitative estimate of drug-likeness (QED) is 0.845. The first-order valence-corrected chi connectivity index (χ1v) is 10.6. The SMILES string of the molecule is Cc1c(NS(C)(=O)=O)cccc1C(=O)N[C@H](C)c1ccc2c(c1)CCC2. The molecule has 2 aromatic rings. The maximum absolute atomic E-state index is 12.7. The number of hydrogen-bond acceptors (Lipinski definition) is 3. The van der Waals surface area contributed by atoms with Crippen molar-refractivity contribution in [2.24, 2.45) is 0 Å². The number of carbonyl (C=O) groups is 1. The molecule has 0 aliphatic heterocycles. The second kappa shape index (κ2) is 7.11. The molecular weight excluding hydrogens is 348 g/mol. The van der Waals surface area contributed by atoms with Crippen LogP contribution in [0.5, 0.6) is 0 Å². The molecule has 1 atom stereocenters. The molecule has 1 aliphatic rings. The Balaban J connectivity index is 1.78. The van der Waals surface area contributed by atoms with Gasteiger partial charge in [-0.2, -0.15) is 0 Å². The molecule has 2 N–H and O–H groups in total. The standard InChI is InChI=1S/C20H24N2O3S/c1-13-18(8-5-9-19(13)22-26(3,24)25)20(23)21-14(2)16-11-10-15-6-4-7-17(15)12-16/h5,8-12,14,22H,4,6-7H2,1-3H3,(H,21,23)/t14-/m1/s1. The minimum Gasteiger partial charge on any atom is -0.346 e. The number of benzene rings is 2. The van der Waals surface area contributed by atoms with Gasteiger partial charge in [-0.05, 0) is 67.5 Å². The third-order valence-corrected chi connectivity index (χ3v) is 5.43. The summed E-state index contributed by atoms with van der Waals surface area (Å²) in [6.45, 7) is 3.70. The molecule has 138 valence electrons. The lowest BCUT2D eigenvalue weighted by Gasteiger charge is -2.17. The van der Waals surface area contributed by atoms with Crippen LogP contribution < -0.4 is 10.0 Å². The predicted molar refractivity (Wildman–Crippen MR) is 104 cm³/mol. The van der Waals surface area contributed by atoms with Crippen LogP contribution in [0.3, 0.4) is 0 Å². The maximum Gasteiger partial charge on any atom is 0.252 e. The van der Waals surface area contributed by atoms with Crippen LogP contribution >= 0.6 is 0 Å². The number of carbonyl (C=O) groups excluding carboxylic acids is 1. The molecule has 0 bridgehead atoms. The Morgan fingerprint density at radius 3 is 2.58 bits per heavy atom. The van der Waals surface area contributed by atoms with Crippen LogP contribution in [-0.4, -0.2) is 20.6 Å². The number of nitrogens with one attached hydrogen (secondary N) is 2. The van der Waals surface area contributed by atoms with Gasteiger partial charge >= 0.3 is 0 Å². The first kappa shape index (κ1) is 18.5. The van der Waals surface area contributed by atoms with Crippen molar-refractivity contribution in [2.75, 3.05) is 11.0 Å². The van der Waals surface area contributed by atoms with E-state index in [0.717, 1.165) is 24.7 Å². The van der Waals surface area contributed by atoms with Crippen LogP contribution in [0.2, 0.25) is 0 Å². The number of hydrogen-bond donors (Lipinski definition) is 2. The molecular formula is C20H24N2O3S. The van der Waals surface area contributed by atoms with Gasteiger partial charge in [0, 0.05) is 5.56 Å². The summed E-state index contributed by atoms with van der Waals surface area (Å²) in [7, 11) is -3.40. The Labute approximate surface area is 154 Å². The van der Waals surface area contributed by atoms with Gasteiger partial charge in [0.2, 0.25) is 10.0 Å². The van der Waals surface area contributed by atoms with E-state index in [0.29, 0.717) is 16.8 Å². The average Bonchev–Trinajstić information content (AvgIpc) is 3.03. The van der Waals surface area contributed by atoms with Gasteiger partial charge in [-0.15, -0.1) is 0 Å². The van der Waals surface area contributed by atoms with Crippen LogP contribution in [0.15, 0.2) is 36.4 Å². The molecule has 1 aliphatic carbocycles. The lowest BCUT2D eigenvalue weighted by Crippen LogP contribution is -2.27. The van der Waals surface area contributed by atoms with E-state index in [1.807, 2.05) is 6.92 Å². The van der Waals surface area contributed by atoms with E-state index in [-0.39, 0.29) is 11.9 Å². The molecule has 0 saturated carbocycles. The molecule has 5 nitrogen and oxygen atoms in total. The lowest BCUT2D eigenvalue weighted by atomic mass is 10.0. The van der Waals surface area contributed by atoms with E-state index in [2.05, 4.69) is 28.2 Å². The van der Waals surface area contributed by atoms with Crippen molar-refractivity contribution in [3.8, 4) is 0 Å².